The van der Waals surface area contributed by atoms with Crippen LogP contribution in [0.15, 0.2) is 59.7 Å². The highest BCUT2D eigenvalue weighted by Gasteiger charge is 2.26. The number of pyridine rings is 1. The SMILES string of the molecule is O=c1cccnn1CC1CCCN1c1ccnc2ccccc12. The van der Waals surface area contributed by atoms with E-state index in [4.69, 9.17) is 0 Å². The molecule has 0 saturated carbocycles. The maximum absolute atomic E-state index is 11.9. The minimum absolute atomic E-state index is 0.0427. The Morgan fingerprint density at radius 3 is 2.91 bits per heavy atom. The molecule has 0 aliphatic carbocycles. The van der Waals surface area contributed by atoms with Gasteiger partial charge in [0.25, 0.3) is 5.56 Å². The third-order valence-corrected chi connectivity index (χ3v) is 4.48. The molecule has 0 spiro atoms. The lowest BCUT2D eigenvalue weighted by atomic mass is 10.1. The van der Waals surface area contributed by atoms with Gasteiger partial charge < -0.3 is 4.90 Å². The van der Waals surface area contributed by atoms with Gasteiger partial charge in [-0.3, -0.25) is 9.78 Å². The molecular weight excluding hydrogens is 288 g/mol. The molecular formula is C18H18N4O. The molecule has 1 aliphatic heterocycles. The summed E-state index contributed by atoms with van der Waals surface area (Å²) in [5.41, 5.74) is 2.16. The number of rotatable bonds is 3. The molecule has 1 saturated heterocycles. The van der Waals surface area contributed by atoms with Gasteiger partial charge in [-0.25, -0.2) is 4.68 Å². The van der Waals surface area contributed by atoms with Crippen LogP contribution in [-0.2, 0) is 6.54 Å². The Hall–Kier alpha value is -2.69. The number of benzene rings is 1. The van der Waals surface area contributed by atoms with Crippen molar-refractivity contribution in [1.82, 2.24) is 14.8 Å². The molecule has 2 aromatic heterocycles. The van der Waals surface area contributed by atoms with Gasteiger partial charge in [-0.15, -0.1) is 0 Å². The summed E-state index contributed by atoms with van der Waals surface area (Å²) in [4.78, 5) is 18.8. The van der Waals surface area contributed by atoms with Gasteiger partial charge >= 0.3 is 0 Å². The normalized spacial score (nSPS) is 17.7. The van der Waals surface area contributed by atoms with E-state index in [-0.39, 0.29) is 11.6 Å². The first kappa shape index (κ1) is 13.9. The lowest BCUT2D eigenvalue weighted by molar-refractivity contribution is 0.489. The largest absolute Gasteiger partial charge is 0.366 e. The first-order valence-electron chi connectivity index (χ1n) is 7.95. The summed E-state index contributed by atoms with van der Waals surface area (Å²) in [7, 11) is 0. The van der Waals surface area contributed by atoms with Crippen LogP contribution in [0, 0.1) is 0 Å². The maximum atomic E-state index is 11.9. The zero-order valence-electron chi connectivity index (χ0n) is 12.8. The van der Waals surface area contributed by atoms with Crippen molar-refractivity contribution in [2.45, 2.75) is 25.4 Å². The van der Waals surface area contributed by atoms with E-state index >= 15 is 0 Å². The topological polar surface area (TPSA) is 51.0 Å². The lowest BCUT2D eigenvalue weighted by Gasteiger charge is -2.28. The number of anilines is 1. The van der Waals surface area contributed by atoms with Gasteiger partial charge in [-0.05, 0) is 31.0 Å². The monoisotopic (exact) mass is 306 g/mol. The van der Waals surface area contributed by atoms with Gasteiger partial charge in [-0.2, -0.15) is 5.10 Å². The van der Waals surface area contributed by atoms with Gasteiger partial charge in [-0.1, -0.05) is 18.2 Å². The predicted molar refractivity (Wildman–Crippen MR) is 90.6 cm³/mol. The molecule has 1 unspecified atom stereocenters. The fraction of sp³-hybridized carbons (Fsp3) is 0.278. The van der Waals surface area contributed by atoms with Crippen molar-refractivity contribution < 1.29 is 0 Å². The molecule has 0 radical (unpaired) electrons. The van der Waals surface area contributed by atoms with Crippen LogP contribution in [0.2, 0.25) is 0 Å². The zero-order valence-corrected chi connectivity index (χ0v) is 12.8. The summed E-state index contributed by atoms with van der Waals surface area (Å²) in [6, 6.07) is 13.8. The first-order valence-corrected chi connectivity index (χ1v) is 7.95. The van der Waals surface area contributed by atoms with Crippen LogP contribution in [-0.4, -0.2) is 27.4 Å². The van der Waals surface area contributed by atoms with Gasteiger partial charge in [0.2, 0.25) is 0 Å². The highest BCUT2D eigenvalue weighted by Crippen LogP contribution is 2.31. The molecule has 0 amide bonds. The average molecular weight is 306 g/mol. The van der Waals surface area contributed by atoms with E-state index in [2.05, 4.69) is 27.1 Å². The standard InChI is InChI=1S/C18H18N4O/c23-18-8-3-10-20-22(18)13-14-5-4-12-21(14)17-9-11-19-16-7-2-1-6-15(16)17/h1-3,6-11,14H,4-5,12-13H2. The molecule has 1 atom stereocenters. The molecule has 1 aromatic carbocycles. The van der Waals surface area contributed by atoms with E-state index in [0.717, 1.165) is 30.3 Å². The minimum Gasteiger partial charge on any atom is -0.366 e. The molecule has 5 heteroatoms. The van der Waals surface area contributed by atoms with Crippen LogP contribution >= 0.6 is 0 Å². The number of nitrogens with zero attached hydrogens (tertiary/aromatic N) is 4. The number of hydrogen-bond donors (Lipinski definition) is 0. The molecule has 0 bridgehead atoms. The zero-order chi connectivity index (χ0) is 15.6. The summed E-state index contributed by atoms with van der Waals surface area (Å²) in [6.07, 6.45) is 5.73. The van der Waals surface area contributed by atoms with Crippen LogP contribution in [0.3, 0.4) is 0 Å². The van der Waals surface area contributed by atoms with Gasteiger partial charge in [0.1, 0.15) is 0 Å². The van der Waals surface area contributed by atoms with Crippen molar-refractivity contribution in [2.24, 2.45) is 0 Å². The fourth-order valence-corrected chi connectivity index (χ4v) is 3.40. The molecule has 116 valence electrons. The number of fused-ring (bicyclic) bond motifs is 1. The Morgan fingerprint density at radius 2 is 2.00 bits per heavy atom. The molecule has 3 aromatic rings. The second-order valence-electron chi connectivity index (χ2n) is 5.88. The van der Waals surface area contributed by atoms with Crippen molar-refractivity contribution in [1.29, 1.82) is 0 Å². The third kappa shape index (κ3) is 2.59. The Labute approximate surface area is 134 Å². The summed E-state index contributed by atoms with van der Waals surface area (Å²) in [5.74, 6) is 0. The highest BCUT2D eigenvalue weighted by molar-refractivity contribution is 5.91. The maximum Gasteiger partial charge on any atom is 0.266 e. The van der Waals surface area contributed by atoms with Crippen LogP contribution in [0.4, 0.5) is 5.69 Å². The van der Waals surface area contributed by atoms with E-state index < -0.39 is 0 Å². The molecule has 23 heavy (non-hydrogen) atoms. The fourth-order valence-electron chi connectivity index (χ4n) is 3.40. The van der Waals surface area contributed by atoms with Crippen molar-refractivity contribution in [3.05, 3.63) is 65.2 Å². The van der Waals surface area contributed by atoms with Crippen LogP contribution in [0.5, 0.6) is 0 Å². The summed E-state index contributed by atoms with van der Waals surface area (Å²) >= 11 is 0. The number of para-hydroxylation sites is 1. The lowest BCUT2D eigenvalue weighted by Crippen LogP contribution is -2.37. The molecule has 0 N–H and O–H groups in total. The summed E-state index contributed by atoms with van der Waals surface area (Å²) < 4.78 is 1.56. The van der Waals surface area contributed by atoms with Crippen molar-refractivity contribution >= 4 is 16.6 Å². The predicted octanol–water partition coefficient (Wildman–Crippen LogP) is 2.46. The average Bonchev–Trinajstić information content (AvgIpc) is 3.04. The number of hydrogen-bond acceptors (Lipinski definition) is 4. The van der Waals surface area contributed by atoms with Crippen LogP contribution in [0.25, 0.3) is 10.9 Å². The minimum atomic E-state index is -0.0427. The second-order valence-corrected chi connectivity index (χ2v) is 5.88. The van der Waals surface area contributed by atoms with Crippen LogP contribution < -0.4 is 10.5 Å². The van der Waals surface area contributed by atoms with Gasteiger partial charge in [0, 0.05) is 42.1 Å². The van der Waals surface area contributed by atoms with E-state index in [1.165, 1.54) is 5.69 Å². The molecule has 3 heterocycles. The molecule has 4 rings (SSSR count). The Morgan fingerprint density at radius 1 is 1.09 bits per heavy atom. The van der Waals surface area contributed by atoms with Gasteiger partial charge in [0.05, 0.1) is 12.1 Å². The molecule has 1 aliphatic rings. The van der Waals surface area contributed by atoms with Crippen molar-refractivity contribution in [2.75, 3.05) is 11.4 Å². The molecule has 5 nitrogen and oxygen atoms in total. The Bertz CT molecular complexity index is 884. The van der Waals surface area contributed by atoms with Crippen LogP contribution in [0.1, 0.15) is 12.8 Å². The summed E-state index contributed by atoms with van der Waals surface area (Å²) in [6.45, 7) is 1.62. The smallest absolute Gasteiger partial charge is 0.266 e. The van der Waals surface area contributed by atoms with E-state index in [9.17, 15) is 4.79 Å². The van der Waals surface area contributed by atoms with E-state index in [1.807, 2.05) is 24.4 Å². The summed E-state index contributed by atoms with van der Waals surface area (Å²) in [5, 5.41) is 5.36. The Balaban J connectivity index is 1.70. The number of aromatic nitrogens is 3. The molecule has 1 fully saturated rings. The van der Waals surface area contributed by atoms with E-state index in [1.54, 1.807) is 23.0 Å². The highest BCUT2D eigenvalue weighted by atomic mass is 16.1. The Kier molecular flexibility index (Phi) is 3.54. The van der Waals surface area contributed by atoms with Crippen molar-refractivity contribution in [3.8, 4) is 0 Å². The van der Waals surface area contributed by atoms with E-state index in [0.29, 0.717) is 6.54 Å². The second kappa shape index (κ2) is 5.83. The third-order valence-electron chi connectivity index (χ3n) is 4.48. The van der Waals surface area contributed by atoms with Crippen molar-refractivity contribution in [3.63, 3.8) is 0 Å². The quantitative estimate of drug-likeness (QED) is 0.746. The first-order chi connectivity index (χ1) is 11.3. The van der Waals surface area contributed by atoms with Gasteiger partial charge in [0.15, 0.2) is 0 Å².